The molecule has 0 aliphatic rings. The summed E-state index contributed by atoms with van der Waals surface area (Å²) < 4.78 is 2.92. The first kappa shape index (κ1) is 60.5. The van der Waals surface area contributed by atoms with Crippen LogP contribution in [0.4, 0.5) is 0 Å². The number of hydrogen-bond acceptors (Lipinski definition) is 2. The third-order valence-electron chi connectivity index (χ3n) is 11.9. The van der Waals surface area contributed by atoms with Gasteiger partial charge in [0.05, 0.1) is 52.4 Å². The Morgan fingerprint density at radius 1 is 0.222 bits per heavy atom. The van der Waals surface area contributed by atoms with Crippen LogP contribution in [0.3, 0.4) is 0 Å². The van der Waals surface area contributed by atoms with E-state index in [4.69, 9.17) is 5.11 Å². The Morgan fingerprint density at radius 2 is 0.333 bits per heavy atom. The molecule has 0 amide bonds. The number of rotatable bonds is 40. The van der Waals surface area contributed by atoms with Gasteiger partial charge in [-0.1, -0.05) is 165 Å². The van der Waals surface area contributed by atoms with E-state index in [1.165, 1.54) is 267 Å². The minimum Gasteiger partial charge on any atom is -0.870 e. The standard InChI is InChI=1S/2C24H52N.C2H5O.H2O/c2*1-5-9-13-17-21-25(22-18-14-10-6-2,23-19-15-11-7-3)24-20-16-12-8-4;1-2-3;/h2*5-24H2,1-4H3;2H2,1H3;1H2/q2*+1;-1;/p-1. The molecular formula is C50H110N2O2. The van der Waals surface area contributed by atoms with E-state index in [2.05, 4.69) is 55.4 Å². The van der Waals surface area contributed by atoms with Crippen LogP contribution in [0.1, 0.15) is 268 Å². The Bertz CT molecular complexity index is 469. The van der Waals surface area contributed by atoms with Gasteiger partial charge in [-0.3, -0.25) is 0 Å². The van der Waals surface area contributed by atoms with Crippen molar-refractivity contribution in [2.75, 3.05) is 59.0 Å². The van der Waals surface area contributed by atoms with Crippen LogP contribution in [0.5, 0.6) is 0 Å². The first-order chi connectivity index (χ1) is 25.9. The summed E-state index contributed by atoms with van der Waals surface area (Å²) in [5.74, 6) is 0. The van der Waals surface area contributed by atoms with Crippen molar-refractivity contribution in [1.82, 2.24) is 0 Å². The highest BCUT2D eigenvalue weighted by Gasteiger charge is 2.27. The highest BCUT2D eigenvalue weighted by Crippen LogP contribution is 2.21. The maximum atomic E-state index is 8.93. The van der Waals surface area contributed by atoms with Crippen molar-refractivity contribution in [3.05, 3.63) is 0 Å². The summed E-state index contributed by atoms with van der Waals surface area (Å²) in [7, 11) is 0. The van der Waals surface area contributed by atoms with E-state index in [1.54, 1.807) is 6.92 Å². The number of nitrogens with zero attached hydrogens (tertiary/aromatic N) is 2. The molecule has 4 nitrogen and oxygen atoms in total. The third-order valence-corrected chi connectivity index (χ3v) is 11.9. The average Bonchev–Trinajstić information content (AvgIpc) is 3.16. The summed E-state index contributed by atoms with van der Waals surface area (Å²) >= 11 is 0. The van der Waals surface area contributed by atoms with Gasteiger partial charge in [0.25, 0.3) is 0 Å². The number of quaternary nitrogens is 2. The van der Waals surface area contributed by atoms with E-state index < -0.39 is 0 Å². The lowest BCUT2D eigenvalue weighted by Crippen LogP contribution is -2.50. The van der Waals surface area contributed by atoms with E-state index >= 15 is 0 Å². The van der Waals surface area contributed by atoms with E-state index in [0.717, 1.165) is 0 Å². The summed E-state index contributed by atoms with van der Waals surface area (Å²) in [5, 5.41) is 8.93. The lowest BCUT2D eigenvalue weighted by Gasteiger charge is -2.39. The van der Waals surface area contributed by atoms with E-state index in [1.807, 2.05) is 0 Å². The Hall–Kier alpha value is -0.160. The van der Waals surface area contributed by atoms with E-state index in [-0.39, 0.29) is 12.1 Å². The lowest BCUT2D eigenvalue weighted by molar-refractivity contribution is -0.929. The van der Waals surface area contributed by atoms with Gasteiger partial charge >= 0.3 is 0 Å². The average molecular weight is 771 g/mol. The molecule has 0 aromatic heterocycles. The fourth-order valence-electron chi connectivity index (χ4n) is 8.33. The molecule has 0 heterocycles. The lowest BCUT2D eigenvalue weighted by atomic mass is 10.1. The molecule has 0 saturated carbocycles. The van der Waals surface area contributed by atoms with Crippen LogP contribution in [0.2, 0.25) is 0 Å². The maximum Gasteiger partial charge on any atom is 0.0786 e. The maximum absolute atomic E-state index is 8.93. The van der Waals surface area contributed by atoms with Gasteiger partial charge in [0, 0.05) is 0 Å². The highest BCUT2D eigenvalue weighted by molar-refractivity contribution is 4.55. The number of hydrogen-bond donors (Lipinski definition) is 0. The molecule has 0 aliphatic carbocycles. The van der Waals surface area contributed by atoms with Gasteiger partial charge in [-0.05, 0) is 103 Å². The topological polar surface area (TPSA) is 53.1 Å². The summed E-state index contributed by atoms with van der Waals surface area (Å²) in [5.41, 5.74) is 0. The Balaban J connectivity index is -0.000000424. The molecule has 0 spiro atoms. The second-order valence-electron chi connectivity index (χ2n) is 17.2. The van der Waals surface area contributed by atoms with Gasteiger partial charge in [0.1, 0.15) is 0 Å². The summed E-state index contributed by atoms with van der Waals surface area (Å²) in [4.78, 5) is 0. The van der Waals surface area contributed by atoms with Crippen molar-refractivity contribution in [3.63, 3.8) is 0 Å². The highest BCUT2D eigenvalue weighted by atomic mass is 16.2. The Labute approximate surface area is 345 Å². The van der Waals surface area contributed by atoms with Crippen LogP contribution in [0.25, 0.3) is 0 Å². The summed E-state index contributed by atoms with van der Waals surface area (Å²) in [6, 6.07) is 0. The molecule has 0 rings (SSSR count). The molecule has 0 fully saturated rings. The molecular weight excluding hydrogens is 661 g/mol. The predicted octanol–water partition coefficient (Wildman–Crippen LogP) is 15.4. The zero-order valence-electron chi connectivity index (χ0n) is 39.7. The SMILES string of the molecule is CCCCCC[N+](CCCCCC)(CCCCCC)CCCCCC.CCCCCC[N+](CCCCCC)(CCCCCC)CCCCCC.CC[O-].[OH-]. The van der Waals surface area contributed by atoms with Crippen LogP contribution < -0.4 is 5.11 Å². The Morgan fingerprint density at radius 3 is 0.426 bits per heavy atom. The van der Waals surface area contributed by atoms with Crippen LogP contribution in [-0.4, -0.2) is 73.4 Å². The van der Waals surface area contributed by atoms with Crippen molar-refractivity contribution < 1.29 is 19.5 Å². The van der Waals surface area contributed by atoms with Crippen molar-refractivity contribution >= 4 is 0 Å². The fraction of sp³-hybridized carbons (Fsp3) is 1.00. The minimum atomic E-state index is 0. The minimum absolute atomic E-state index is 0. The van der Waals surface area contributed by atoms with Crippen LogP contribution >= 0.6 is 0 Å². The van der Waals surface area contributed by atoms with E-state index in [9.17, 15) is 0 Å². The monoisotopic (exact) mass is 771 g/mol. The van der Waals surface area contributed by atoms with Gasteiger partial charge < -0.3 is 19.5 Å². The van der Waals surface area contributed by atoms with Crippen molar-refractivity contribution in [2.45, 2.75) is 268 Å². The first-order valence-electron chi connectivity index (χ1n) is 25.2. The molecule has 0 atom stereocenters. The molecule has 1 N–H and O–H groups in total. The van der Waals surface area contributed by atoms with Crippen molar-refractivity contribution in [3.8, 4) is 0 Å². The molecule has 0 saturated heterocycles. The molecule has 4 heteroatoms. The molecule has 0 unspecified atom stereocenters. The molecule has 0 aromatic carbocycles. The van der Waals surface area contributed by atoms with Gasteiger partial charge in [0.15, 0.2) is 0 Å². The number of unbranched alkanes of at least 4 members (excludes halogenated alkanes) is 24. The van der Waals surface area contributed by atoms with Crippen LogP contribution in [0, 0.1) is 0 Å². The zero-order chi connectivity index (χ0) is 40.0. The quantitative estimate of drug-likeness (QED) is 0.0460. The molecule has 0 bridgehead atoms. The zero-order valence-corrected chi connectivity index (χ0v) is 39.7. The second-order valence-corrected chi connectivity index (χ2v) is 17.2. The van der Waals surface area contributed by atoms with Crippen molar-refractivity contribution in [1.29, 1.82) is 0 Å². The van der Waals surface area contributed by atoms with Crippen LogP contribution in [-0.2, 0) is 0 Å². The molecule has 0 aliphatic heterocycles. The predicted molar refractivity (Wildman–Crippen MR) is 245 cm³/mol. The molecule has 54 heavy (non-hydrogen) atoms. The molecule has 0 radical (unpaired) electrons. The van der Waals surface area contributed by atoms with Crippen LogP contribution in [0.15, 0.2) is 0 Å². The molecule has 332 valence electrons. The van der Waals surface area contributed by atoms with Crippen molar-refractivity contribution in [2.24, 2.45) is 0 Å². The van der Waals surface area contributed by atoms with E-state index in [0.29, 0.717) is 0 Å². The largest absolute Gasteiger partial charge is 0.870 e. The fourth-order valence-corrected chi connectivity index (χ4v) is 8.33. The van der Waals surface area contributed by atoms with Gasteiger partial charge in [-0.25, -0.2) is 0 Å². The normalized spacial score (nSPS) is 11.4. The first-order valence-corrected chi connectivity index (χ1v) is 25.2. The molecule has 0 aromatic rings. The second kappa shape index (κ2) is 50.9. The summed E-state index contributed by atoms with van der Waals surface area (Å²) in [6.45, 7) is 32.0. The third kappa shape index (κ3) is 43.0. The van der Waals surface area contributed by atoms with Gasteiger partial charge in [0.2, 0.25) is 0 Å². The van der Waals surface area contributed by atoms with Gasteiger partial charge in [-0.2, -0.15) is 0 Å². The Kier molecular flexibility index (Phi) is 57.0. The summed E-state index contributed by atoms with van der Waals surface area (Å²) in [6.07, 6.45) is 45.7. The van der Waals surface area contributed by atoms with Gasteiger partial charge in [-0.15, -0.1) is 6.61 Å². The smallest absolute Gasteiger partial charge is 0.0786 e.